The first-order valence-corrected chi connectivity index (χ1v) is 9.10. The van der Waals surface area contributed by atoms with E-state index in [0.717, 1.165) is 19.3 Å². The van der Waals surface area contributed by atoms with Crippen molar-refractivity contribution in [3.05, 3.63) is 48.6 Å². The second-order valence-corrected chi connectivity index (χ2v) is 7.24. The number of carbonyl (C=O) groups excluding carboxylic acids is 1. The normalized spacial score (nSPS) is 23.8. The Labute approximate surface area is 150 Å². The molecule has 1 saturated heterocycles. The molecule has 1 heterocycles. The van der Waals surface area contributed by atoms with Gasteiger partial charge in [0.15, 0.2) is 5.79 Å². The van der Waals surface area contributed by atoms with E-state index in [1.807, 2.05) is 19.9 Å². The van der Waals surface area contributed by atoms with E-state index in [9.17, 15) is 9.90 Å². The highest BCUT2D eigenvalue weighted by Gasteiger charge is 2.36. The first-order valence-electron chi connectivity index (χ1n) is 9.10. The van der Waals surface area contributed by atoms with Gasteiger partial charge in [-0.15, -0.1) is 6.58 Å². The Balaban J connectivity index is 1.82. The van der Waals surface area contributed by atoms with Gasteiger partial charge in [-0.1, -0.05) is 36.4 Å². The van der Waals surface area contributed by atoms with E-state index < -0.39 is 11.9 Å². The van der Waals surface area contributed by atoms with Crippen LogP contribution in [0.2, 0.25) is 0 Å². The predicted octanol–water partition coefficient (Wildman–Crippen LogP) is 3.82. The van der Waals surface area contributed by atoms with Crippen LogP contribution in [-0.2, 0) is 20.7 Å². The number of aryl methyl sites for hydroxylation is 1. The van der Waals surface area contributed by atoms with E-state index in [1.165, 1.54) is 11.6 Å². The van der Waals surface area contributed by atoms with Crippen molar-refractivity contribution >= 4 is 5.78 Å². The highest BCUT2D eigenvalue weighted by molar-refractivity contribution is 5.79. The van der Waals surface area contributed by atoms with Crippen LogP contribution in [0.15, 0.2) is 43.0 Å². The fraction of sp³-hybridized carbons (Fsp3) is 0.571. The Bertz CT molecular complexity index is 552. The second kappa shape index (κ2) is 9.27. The minimum absolute atomic E-state index is 0.00173. The van der Waals surface area contributed by atoms with Gasteiger partial charge in [0.1, 0.15) is 5.78 Å². The molecule has 0 radical (unpaired) electrons. The first-order chi connectivity index (χ1) is 11.9. The van der Waals surface area contributed by atoms with E-state index in [4.69, 9.17) is 9.47 Å². The Morgan fingerprint density at radius 3 is 2.68 bits per heavy atom. The van der Waals surface area contributed by atoms with Gasteiger partial charge in [0.05, 0.1) is 18.3 Å². The van der Waals surface area contributed by atoms with E-state index in [1.54, 1.807) is 0 Å². The van der Waals surface area contributed by atoms with Crippen LogP contribution >= 0.6 is 0 Å². The number of carbonyl (C=O) groups is 1. The average Bonchev–Trinajstić information content (AvgIpc) is 2.54. The summed E-state index contributed by atoms with van der Waals surface area (Å²) in [4.78, 5) is 12.1. The Morgan fingerprint density at radius 1 is 1.32 bits per heavy atom. The molecule has 1 N–H and O–H groups in total. The molecule has 25 heavy (non-hydrogen) atoms. The maximum Gasteiger partial charge on any atom is 0.163 e. The summed E-state index contributed by atoms with van der Waals surface area (Å²) in [7, 11) is 0. The van der Waals surface area contributed by atoms with E-state index in [2.05, 4.69) is 30.8 Å². The number of rotatable bonds is 9. The van der Waals surface area contributed by atoms with Crippen molar-refractivity contribution < 1.29 is 19.4 Å². The zero-order valence-electron chi connectivity index (χ0n) is 15.3. The van der Waals surface area contributed by atoms with Gasteiger partial charge in [-0.3, -0.25) is 4.79 Å². The highest BCUT2D eigenvalue weighted by atomic mass is 16.7. The molecule has 1 aromatic carbocycles. The van der Waals surface area contributed by atoms with Crippen LogP contribution in [0.3, 0.4) is 0 Å². The lowest BCUT2D eigenvalue weighted by atomic mass is 9.97. The number of aliphatic hydroxyl groups is 1. The largest absolute Gasteiger partial charge is 0.389 e. The van der Waals surface area contributed by atoms with Gasteiger partial charge in [0, 0.05) is 19.3 Å². The summed E-state index contributed by atoms with van der Waals surface area (Å²) < 4.78 is 11.9. The third kappa shape index (κ3) is 7.10. The van der Waals surface area contributed by atoms with Crippen LogP contribution < -0.4 is 0 Å². The molecule has 4 heteroatoms. The lowest BCUT2D eigenvalue weighted by Crippen LogP contribution is -2.45. The Kier molecular flexibility index (Phi) is 7.36. The minimum atomic E-state index is -0.776. The summed E-state index contributed by atoms with van der Waals surface area (Å²) in [5.74, 6) is -0.685. The van der Waals surface area contributed by atoms with Gasteiger partial charge in [-0.2, -0.15) is 0 Å². The Hall–Kier alpha value is -1.49. The predicted molar refractivity (Wildman–Crippen MR) is 98.3 cm³/mol. The van der Waals surface area contributed by atoms with Crippen molar-refractivity contribution in [3.8, 4) is 0 Å². The van der Waals surface area contributed by atoms with Crippen molar-refractivity contribution in [1.82, 2.24) is 0 Å². The van der Waals surface area contributed by atoms with Gasteiger partial charge in [0.25, 0.3) is 0 Å². The molecule has 138 valence electrons. The van der Waals surface area contributed by atoms with Crippen LogP contribution in [-0.4, -0.2) is 35.0 Å². The second-order valence-electron chi connectivity index (χ2n) is 7.24. The molecule has 0 spiro atoms. The van der Waals surface area contributed by atoms with E-state index >= 15 is 0 Å². The number of ketones is 1. The topological polar surface area (TPSA) is 55.8 Å². The van der Waals surface area contributed by atoms with Crippen molar-refractivity contribution in [2.75, 3.05) is 0 Å². The van der Waals surface area contributed by atoms with E-state index in [-0.39, 0.29) is 24.4 Å². The highest BCUT2D eigenvalue weighted by Crippen LogP contribution is 2.31. The molecule has 4 nitrogen and oxygen atoms in total. The summed E-state index contributed by atoms with van der Waals surface area (Å²) in [5.41, 5.74) is 1.33. The van der Waals surface area contributed by atoms with Crippen LogP contribution in [0.4, 0.5) is 0 Å². The summed E-state index contributed by atoms with van der Waals surface area (Å²) in [6.07, 6.45) is 4.69. The maximum absolute atomic E-state index is 12.1. The number of ether oxygens (including phenoxy) is 2. The maximum atomic E-state index is 12.1. The summed E-state index contributed by atoms with van der Waals surface area (Å²) in [6.45, 7) is 7.29. The molecule has 0 aliphatic carbocycles. The average molecular weight is 346 g/mol. The molecule has 3 atom stereocenters. The number of hydrogen-bond acceptors (Lipinski definition) is 4. The summed E-state index contributed by atoms with van der Waals surface area (Å²) >= 11 is 0. The molecule has 1 aliphatic rings. The van der Waals surface area contributed by atoms with Crippen molar-refractivity contribution in [2.45, 2.75) is 76.5 Å². The zero-order chi connectivity index (χ0) is 18.3. The van der Waals surface area contributed by atoms with Gasteiger partial charge >= 0.3 is 0 Å². The smallest absolute Gasteiger partial charge is 0.163 e. The zero-order valence-corrected chi connectivity index (χ0v) is 15.3. The molecular formula is C21H30O4. The molecular weight excluding hydrogens is 316 g/mol. The monoisotopic (exact) mass is 346 g/mol. The summed E-state index contributed by atoms with van der Waals surface area (Å²) in [6, 6.07) is 10.4. The molecule has 0 unspecified atom stereocenters. The number of aliphatic hydroxyl groups excluding tert-OH is 1. The summed E-state index contributed by atoms with van der Waals surface area (Å²) in [5, 5.41) is 9.53. The van der Waals surface area contributed by atoms with Gasteiger partial charge in [0.2, 0.25) is 0 Å². The number of benzene rings is 1. The lowest BCUT2D eigenvalue weighted by Gasteiger charge is -2.41. The van der Waals surface area contributed by atoms with Gasteiger partial charge in [-0.05, 0) is 38.7 Å². The quantitative estimate of drug-likeness (QED) is 0.691. The third-order valence-electron chi connectivity index (χ3n) is 4.43. The molecule has 1 aliphatic heterocycles. The van der Waals surface area contributed by atoms with Gasteiger partial charge in [-0.25, -0.2) is 0 Å². The molecule has 0 bridgehead atoms. The third-order valence-corrected chi connectivity index (χ3v) is 4.43. The van der Waals surface area contributed by atoms with Crippen LogP contribution in [0.25, 0.3) is 0 Å². The molecule has 2 rings (SSSR count). The first kappa shape index (κ1) is 19.8. The van der Waals surface area contributed by atoms with Crippen LogP contribution in [0.5, 0.6) is 0 Å². The van der Waals surface area contributed by atoms with Crippen molar-refractivity contribution in [3.63, 3.8) is 0 Å². The lowest BCUT2D eigenvalue weighted by molar-refractivity contribution is -0.299. The molecule has 1 aromatic rings. The van der Waals surface area contributed by atoms with Crippen LogP contribution in [0.1, 0.15) is 51.5 Å². The van der Waals surface area contributed by atoms with Crippen molar-refractivity contribution in [2.24, 2.45) is 0 Å². The minimum Gasteiger partial charge on any atom is -0.389 e. The molecule has 0 saturated carbocycles. The molecule has 0 aromatic heterocycles. The Morgan fingerprint density at radius 2 is 2.00 bits per heavy atom. The van der Waals surface area contributed by atoms with Crippen LogP contribution in [0, 0.1) is 0 Å². The number of hydrogen-bond donors (Lipinski definition) is 1. The molecule has 0 amide bonds. The van der Waals surface area contributed by atoms with Gasteiger partial charge < -0.3 is 14.6 Å². The molecule has 1 fully saturated rings. The SMILES string of the molecule is C=C[C@@H](O)CC(=O)C[C@H]1C[C@H](CCCc2ccccc2)OC(C)(C)O1. The standard InChI is InChI=1S/C21H30O4/c1-4-17(22)13-18(23)14-20-15-19(24-21(2,3)25-20)12-8-11-16-9-6-5-7-10-16/h4-7,9-10,17,19-20,22H,1,8,11-15H2,2-3H3/t17-,19+,20+/m1/s1. The fourth-order valence-electron chi connectivity index (χ4n) is 3.35. The van der Waals surface area contributed by atoms with E-state index in [0.29, 0.717) is 12.8 Å². The fourth-order valence-corrected chi connectivity index (χ4v) is 3.35. The number of Topliss-reactive ketones (excluding diaryl/α,β-unsaturated/α-hetero) is 1. The van der Waals surface area contributed by atoms with Crippen molar-refractivity contribution in [1.29, 1.82) is 0 Å².